The summed E-state index contributed by atoms with van der Waals surface area (Å²) in [4.78, 5) is 12.5. The predicted octanol–water partition coefficient (Wildman–Crippen LogP) is 2.32. The van der Waals surface area contributed by atoms with Gasteiger partial charge in [0.2, 0.25) is 0 Å². The molecule has 0 aliphatic carbocycles. The Morgan fingerprint density at radius 3 is 2.95 bits per heavy atom. The third kappa shape index (κ3) is 3.15. The van der Waals surface area contributed by atoms with E-state index in [1.165, 1.54) is 30.6 Å². The van der Waals surface area contributed by atoms with E-state index in [1.807, 2.05) is 0 Å². The number of hydrogen-bond acceptors (Lipinski definition) is 4. The number of methoxy groups -OCH3 is 1. The second kappa shape index (κ2) is 6.49. The van der Waals surface area contributed by atoms with Crippen molar-refractivity contribution < 1.29 is 19.0 Å². The summed E-state index contributed by atoms with van der Waals surface area (Å²) in [6.07, 6.45) is 0. The number of nitrogens with one attached hydrogen (secondary N) is 1. The molecule has 4 nitrogen and oxygen atoms in total. The summed E-state index contributed by atoms with van der Waals surface area (Å²) in [5.74, 6) is -0.170. The molecule has 1 aromatic heterocycles. The highest BCUT2D eigenvalue weighted by atomic mass is 32.1. The van der Waals surface area contributed by atoms with Gasteiger partial charge >= 0.3 is 0 Å². The van der Waals surface area contributed by atoms with Gasteiger partial charge in [-0.15, -0.1) is 11.3 Å². The number of amides is 1. The molecule has 2 aromatic rings. The van der Waals surface area contributed by atoms with Crippen molar-refractivity contribution in [2.24, 2.45) is 0 Å². The molecule has 0 aliphatic heterocycles. The fraction of sp³-hybridized carbons (Fsp3) is 0.214. The van der Waals surface area contributed by atoms with Crippen LogP contribution in [0.15, 0.2) is 29.6 Å². The van der Waals surface area contributed by atoms with E-state index in [4.69, 9.17) is 9.84 Å². The lowest BCUT2D eigenvalue weighted by atomic mass is 10.1. The number of carbonyl (C=O) groups is 1. The number of carbonyl (C=O) groups excluding carboxylic acids is 1. The van der Waals surface area contributed by atoms with E-state index in [-0.39, 0.29) is 24.6 Å². The van der Waals surface area contributed by atoms with Gasteiger partial charge in [0.1, 0.15) is 16.4 Å². The summed E-state index contributed by atoms with van der Waals surface area (Å²) in [5, 5.41) is 13.5. The molecule has 1 heterocycles. The van der Waals surface area contributed by atoms with E-state index in [0.29, 0.717) is 10.6 Å². The van der Waals surface area contributed by atoms with Crippen molar-refractivity contribution in [3.63, 3.8) is 0 Å². The molecule has 0 unspecified atom stereocenters. The highest BCUT2D eigenvalue weighted by Crippen LogP contribution is 2.24. The number of hydrogen-bond donors (Lipinski definition) is 2. The predicted molar refractivity (Wildman–Crippen MR) is 74.4 cm³/mol. The van der Waals surface area contributed by atoms with Crippen LogP contribution in [0.25, 0.3) is 0 Å². The summed E-state index contributed by atoms with van der Waals surface area (Å²) < 4.78 is 18.3. The van der Waals surface area contributed by atoms with E-state index >= 15 is 0 Å². The van der Waals surface area contributed by atoms with E-state index in [1.54, 1.807) is 17.5 Å². The fourth-order valence-corrected chi connectivity index (χ4v) is 2.52. The van der Waals surface area contributed by atoms with E-state index in [2.05, 4.69) is 5.32 Å². The highest BCUT2D eigenvalue weighted by Gasteiger charge is 2.13. The average Bonchev–Trinajstić information content (AvgIpc) is 2.94. The van der Waals surface area contributed by atoms with Crippen LogP contribution in [-0.4, -0.2) is 18.1 Å². The van der Waals surface area contributed by atoms with Crippen molar-refractivity contribution in [1.82, 2.24) is 5.32 Å². The summed E-state index contributed by atoms with van der Waals surface area (Å²) >= 11 is 1.29. The maximum Gasteiger partial charge on any atom is 0.265 e. The average molecular weight is 295 g/mol. The first kappa shape index (κ1) is 14.5. The number of benzene rings is 1. The van der Waals surface area contributed by atoms with Gasteiger partial charge in [0, 0.05) is 12.1 Å². The van der Waals surface area contributed by atoms with Crippen molar-refractivity contribution in [3.05, 3.63) is 51.5 Å². The molecule has 2 rings (SSSR count). The summed E-state index contributed by atoms with van der Waals surface area (Å²) in [5.41, 5.74) is 0.935. The molecule has 0 saturated heterocycles. The van der Waals surface area contributed by atoms with Crippen LogP contribution in [0.5, 0.6) is 5.75 Å². The van der Waals surface area contributed by atoms with Crippen molar-refractivity contribution in [2.45, 2.75) is 13.2 Å². The molecule has 0 atom stereocenters. The van der Waals surface area contributed by atoms with Gasteiger partial charge in [-0.3, -0.25) is 4.79 Å². The van der Waals surface area contributed by atoms with E-state index < -0.39 is 5.82 Å². The molecule has 0 saturated carbocycles. The molecule has 6 heteroatoms. The van der Waals surface area contributed by atoms with Crippen LogP contribution in [-0.2, 0) is 13.2 Å². The number of ether oxygens (including phenoxy) is 1. The maximum atomic E-state index is 13.2. The lowest BCUT2D eigenvalue weighted by molar-refractivity contribution is 0.0952. The molecule has 1 aromatic carbocycles. The van der Waals surface area contributed by atoms with Crippen LogP contribution in [0.2, 0.25) is 0 Å². The van der Waals surface area contributed by atoms with Crippen LogP contribution in [0.1, 0.15) is 20.8 Å². The molecule has 20 heavy (non-hydrogen) atoms. The Kier molecular flexibility index (Phi) is 4.70. The standard InChI is InChI=1S/C14H14FNO3S/c1-19-12-4-5-20-13(12)14(18)16-7-9-2-3-11(15)10(6-9)8-17/h2-6,17H,7-8H2,1H3,(H,16,18). The molecule has 0 aliphatic rings. The minimum atomic E-state index is -0.456. The van der Waals surface area contributed by atoms with Gasteiger partial charge in [0.25, 0.3) is 5.91 Å². The Balaban J connectivity index is 2.03. The number of aliphatic hydroxyl groups is 1. The molecule has 0 fully saturated rings. The van der Waals surface area contributed by atoms with Gasteiger partial charge in [-0.1, -0.05) is 6.07 Å². The van der Waals surface area contributed by atoms with Gasteiger partial charge < -0.3 is 15.2 Å². The molecule has 106 valence electrons. The number of aliphatic hydroxyl groups excluding tert-OH is 1. The third-order valence-corrected chi connectivity index (χ3v) is 3.68. The van der Waals surface area contributed by atoms with Crippen molar-refractivity contribution in [1.29, 1.82) is 0 Å². The summed E-state index contributed by atoms with van der Waals surface area (Å²) in [7, 11) is 1.51. The Hall–Kier alpha value is -1.92. The Morgan fingerprint density at radius 2 is 2.25 bits per heavy atom. The minimum absolute atomic E-state index is 0.213. The SMILES string of the molecule is COc1ccsc1C(=O)NCc1ccc(F)c(CO)c1. The van der Waals surface area contributed by atoms with Gasteiger partial charge in [-0.25, -0.2) is 4.39 Å². The topological polar surface area (TPSA) is 58.6 Å². The lowest BCUT2D eigenvalue weighted by Gasteiger charge is -2.07. The highest BCUT2D eigenvalue weighted by molar-refractivity contribution is 7.12. The number of thiophene rings is 1. The summed E-state index contributed by atoms with van der Waals surface area (Å²) in [6.45, 7) is -0.112. The molecule has 0 radical (unpaired) electrons. The molecule has 2 N–H and O–H groups in total. The van der Waals surface area contributed by atoms with Crippen molar-refractivity contribution >= 4 is 17.2 Å². The number of halogens is 1. The largest absolute Gasteiger partial charge is 0.495 e. The van der Waals surface area contributed by atoms with Gasteiger partial charge in [0.05, 0.1) is 13.7 Å². The van der Waals surface area contributed by atoms with Crippen LogP contribution in [0.4, 0.5) is 4.39 Å². The monoisotopic (exact) mass is 295 g/mol. The van der Waals surface area contributed by atoms with Crippen LogP contribution in [0.3, 0.4) is 0 Å². The van der Waals surface area contributed by atoms with Gasteiger partial charge in [0.15, 0.2) is 0 Å². The first-order valence-electron chi connectivity index (χ1n) is 5.93. The zero-order valence-corrected chi connectivity index (χ0v) is 11.7. The Morgan fingerprint density at radius 1 is 1.45 bits per heavy atom. The zero-order valence-electron chi connectivity index (χ0n) is 10.9. The normalized spacial score (nSPS) is 10.3. The third-order valence-electron chi connectivity index (χ3n) is 2.79. The zero-order chi connectivity index (χ0) is 14.5. The van der Waals surface area contributed by atoms with Gasteiger partial charge in [-0.05, 0) is 29.1 Å². The number of rotatable bonds is 5. The summed E-state index contributed by atoms with van der Waals surface area (Å²) in [6, 6.07) is 6.10. The fourth-order valence-electron chi connectivity index (χ4n) is 1.75. The van der Waals surface area contributed by atoms with Crippen LogP contribution in [0, 0.1) is 5.82 Å². The molecular weight excluding hydrogens is 281 g/mol. The lowest BCUT2D eigenvalue weighted by Crippen LogP contribution is -2.22. The second-order valence-corrected chi connectivity index (χ2v) is 5.00. The van der Waals surface area contributed by atoms with E-state index in [9.17, 15) is 9.18 Å². The molecular formula is C14H14FNO3S. The molecule has 1 amide bonds. The molecule has 0 bridgehead atoms. The van der Waals surface area contributed by atoms with Crippen LogP contribution >= 0.6 is 11.3 Å². The van der Waals surface area contributed by atoms with Crippen molar-refractivity contribution in [3.8, 4) is 5.75 Å². The van der Waals surface area contributed by atoms with Crippen molar-refractivity contribution in [2.75, 3.05) is 7.11 Å². The minimum Gasteiger partial charge on any atom is -0.495 e. The Labute approximate surface area is 119 Å². The van der Waals surface area contributed by atoms with Crippen LogP contribution < -0.4 is 10.1 Å². The smallest absolute Gasteiger partial charge is 0.265 e. The van der Waals surface area contributed by atoms with E-state index in [0.717, 1.165) is 5.56 Å². The first-order chi connectivity index (χ1) is 9.65. The maximum absolute atomic E-state index is 13.2. The quantitative estimate of drug-likeness (QED) is 0.890. The molecule has 0 spiro atoms. The second-order valence-electron chi connectivity index (χ2n) is 4.08. The first-order valence-corrected chi connectivity index (χ1v) is 6.81. The Bertz CT molecular complexity index is 612. The van der Waals surface area contributed by atoms with Gasteiger partial charge in [-0.2, -0.15) is 0 Å².